The normalized spacial score (nSPS) is 11.4. The number of carbonyl (C=O) groups is 1. The van der Waals surface area contributed by atoms with E-state index in [9.17, 15) is 9.90 Å². The van der Waals surface area contributed by atoms with Crippen LogP contribution in [0.3, 0.4) is 0 Å². The maximum Gasteiger partial charge on any atom is 0.250 e. The molecule has 2 aromatic heterocycles. The van der Waals surface area contributed by atoms with Gasteiger partial charge in [-0.25, -0.2) is 5.43 Å². The SMILES string of the molecule is C/C(=N/NC(=O)CSc1nnc(-c2ccncc2)n1-c1ccc(C)cc1)c1cccc(O)c1. The molecular weight excluding hydrogens is 436 g/mol. The van der Waals surface area contributed by atoms with E-state index in [1.165, 1.54) is 11.8 Å². The van der Waals surface area contributed by atoms with Gasteiger partial charge < -0.3 is 5.11 Å². The van der Waals surface area contributed by atoms with Crippen LogP contribution in [0.2, 0.25) is 0 Å². The first-order valence-corrected chi connectivity index (χ1v) is 11.2. The summed E-state index contributed by atoms with van der Waals surface area (Å²) < 4.78 is 1.92. The van der Waals surface area contributed by atoms with Gasteiger partial charge in [0.2, 0.25) is 0 Å². The Morgan fingerprint density at radius 2 is 1.85 bits per heavy atom. The number of nitrogens with zero attached hydrogens (tertiary/aromatic N) is 5. The second kappa shape index (κ2) is 10.1. The van der Waals surface area contributed by atoms with E-state index in [-0.39, 0.29) is 17.4 Å². The number of rotatable bonds is 7. The molecule has 2 heterocycles. The Morgan fingerprint density at radius 1 is 1.09 bits per heavy atom. The predicted molar refractivity (Wildman–Crippen MR) is 129 cm³/mol. The van der Waals surface area contributed by atoms with Crippen LogP contribution in [-0.4, -0.2) is 42.2 Å². The molecule has 0 spiro atoms. The molecule has 4 aromatic rings. The van der Waals surface area contributed by atoms with Crippen LogP contribution in [0.4, 0.5) is 0 Å². The highest BCUT2D eigenvalue weighted by Crippen LogP contribution is 2.27. The molecule has 2 aromatic carbocycles. The van der Waals surface area contributed by atoms with Gasteiger partial charge in [-0.2, -0.15) is 5.10 Å². The minimum absolute atomic E-state index is 0.108. The van der Waals surface area contributed by atoms with Gasteiger partial charge in [-0.05, 0) is 50.2 Å². The fourth-order valence-electron chi connectivity index (χ4n) is 3.08. The topological polar surface area (TPSA) is 105 Å². The van der Waals surface area contributed by atoms with Gasteiger partial charge >= 0.3 is 0 Å². The minimum atomic E-state index is -0.275. The molecule has 0 saturated heterocycles. The number of aryl methyl sites for hydroxylation is 1. The Labute approximate surface area is 195 Å². The van der Waals surface area contributed by atoms with Gasteiger partial charge in [-0.1, -0.05) is 41.6 Å². The van der Waals surface area contributed by atoms with Crippen molar-refractivity contribution < 1.29 is 9.90 Å². The fraction of sp³-hybridized carbons (Fsp3) is 0.125. The van der Waals surface area contributed by atoms with Gasteiger partial charge in [0, 0.05) is 29.2 Å². The van der Waals surface area contributed by atoms with Gasteiger partial charge in [-0.3, -0.25) is 14.3 Å². The van der Waals surface area contributed by atoms with Crippen LogP contribution in [0.1, 0.15) is 18.1 Å². The van der Waals surface area contributed by atoms with Crippen molar-refractivity contribution in [3.05, 3.63) is 84.2 Å². The Bertz CT molecular complexity index is 1290. The third-order valence-corrected chi connectivity index (χ3v) is 5.74. The van der Waals surface area contributed by atoms with E-state index in [0.29, 0.717) is 16.7 Å². The number of nitrogens with one attached hydrogen (secondary N) is 1. The second-order valence-electron chi connectivity index (χ2n) is 7.28. The first kappa shape index (κ1) is 22.2. The summed E-state index contributed by atoms with van der Waals surface area (Å²) in [6.07, 6.45) is 3.41. The van der Waals surface area contributed by atoms with Crippen LogP contribution in [-0.2, 0) is 4.79 Å². The number of pyridine rings is 1. The highest BCUT2D eigenvalue weighted by atomic mass is 32.2. The highest BCUT2D eigenvalue weighted by molar-refractivity contribution is 7.99. The van der Waals surface area contributed by atoms with Gasteiger partial charge in [-0.15, -0.1) is 10.2 Å². The molecule has 166 valence electrons. The fourth-order valence-corrected chi connectivity index (χ4v) is 3.83. The zero-order chi connectivity index (χ0) is 23.2. The molecule has 4 rings (SSSR count). The van der Waals surface area contributed by atoms with Crippen LogP contribution >= 0.6 is 11.8 Å². The van der Waals surface area contributed by atoms with Crippen molar-refractivity contribution in [3.63, 3.8) is 0 Å². The van der Waals surface area contributed by atoms with E-state index in [0.717, 1.165) is 22.4 Å². The molecule has 1 amide bonds. The van der Waals surface area contributed by atoms with Crippen LogP contribution in [0.25, 0.3) is 17.1 Å². The van der Waals surface area contributed by atoms with Crippen molar-refractivity contribution in [2.24, 2.45) is 5.10 Å². The number of benzene rings is 2. The zero-order valence-electron chi connectivity index (χ0n) is 18.1. The summed E-state index contributed by atoms with van der Waals surface area (Å²) in [5, 5.41) is 23.0. The number of hydrazone groups is 1. The maximum atomic E-state index is 12.4. The van der Waals surface area contributed by atoms with Gasteiger partial charge in [0.15, 0.2) is 11.0 Å². The molecule has 8 nitrogen and oxygen atoms in total. The molecule has 0 atom stereocenters. The number of thioether (sulfide) groups is 1. The van der Waals surface area contributed by atoms with Crippen molar-refractivity contribution in [2.75, 3.05) is 5.75 Å². The van der Waals surface area contributed by atoms with E-state index in [1.807, 2.05) is 54.0 Å². The molecule has 0 unspecified atom stereocenters. The van der Waals surface area contributed by atoms with E-state index in [4.69, 9.17) is 0 Å². The Morgan fingerprint density at radius 3 is 2.58 bits per heavy atom. The van der Waals surface area contributed by atoms with Crippen molar-refractivity contribution in [2.45, 2.75) is 19.0 Å². The molecule has 2 N–H and O–H groups in total. The Kier molecular flexibility index (Phi) is 6.80. The number of phenols is 1. The number of hydrogen-bond donors (Lipinski definition) is 2. The van der Waals surface area contributed by atoms with E-state index >= 15 is 0 Å². The lowest BCUT2D eigenvalue weighted by atomic mass is 10.1. The van der Waals surface area contributed by atoms with Crippen molar-refractivity contribution in [1.82, 2.24) is 25.2 Å². The van der Waals surface area contributed by atoms with Gasteiger partial charge in [0.25, 0.3) is 5.91 Å². The largest absolute Gasteiger partial charge is 0.508 e. The van der Waals surface area contributed by atoms with Gasteiger partial charge in [0.05, 0.1) is 11.5 Å². The first-order valence-electron chi connectivity index (χ1n) is 10.2. The summed E-state index contributed by atoms with van der Waals surface area (Å²) in [5.74, 6) is 0.645. The zero-order valence-corrected chi connectivity index (χ0v) is 19.0. The third kappa shape index (κ3) is 5.45. The molecule has 0 aliphatic carbocycles. The molecule has 9 heteroatoms. The first-order chi connectivity index (χ1) is 16.0. The standard InChI is InChI=1S/C24H22N6O2S/c1-16-6-8-20(9-7-16)30-23(18-10-12-25-13-11-18)28-29-24(30)33-15-22(32)27-26-17(2)19-4-3-5-21(31)14-19/h3-14,31H,15H2,1-2H3,(H,27,32)/b26-17-. The summed E-state index contributed by atoms with van der Waals surface area (Å²) in [7, 11) is 0. The lowest BCUT2D eigenvalue weighted by Crippen LogP contribution is -2.21. The lowest BCUT2D eigenvalue weighted by Gasteiger charge is -2.10. The molecule has 0 fully saturated rings. The van der Waals surface area contributed by atoms with Crippen molar-refractivity contribution in [3.8, 4) is 22.8 Å². The number of aromatic nitrogens is 4. The molecule has 0 bridgehead atoms. The molecule has 33 heavy (non-hydrogen) atoms. The lowest BCUT2D eigenvalue weighted by molar-refractivity contribution is -0.118. The highest BCUT2D eigenvalue weighted by Gasteiger charge is 2.17. The van der Waals surface area contributed by atoms with Crippen LogP contribution < -0.4 is 5.43 Å². The van der Waals surface area contributed by atoms with E-state index in [2.05, 4.69) is 25.7 Å². The molecule has 0 saturated carbocycles. The smallest absolute Gasteiger partial charge is 0.250 e. The number of amides is 1. The number of carbonyl (C=O) groups excluding carboxylic acids is 1. The van der Waals surface area contributed by atoms with E-state index < -0.39 is 0 Å². The third-order valence-electron chi connectivity index (χ3n) is 4.81. The van der Waals surface area contributed by atoms with Crippen molar-refractivity contribution >= 4 is 23.4 Å². The van der Waals surface area contributed by atoms with Crippen LogP contribution in [0, 0.1) is 6.92 Å². The average molecular weight is 459 g/mol. The molecular formula is C24H22N6O2S. The number of hydrogen-bond acceptors (Lipinski definition) is 7. The van der Waals surface area contributed by atoms with Gasteiger partial charge in [0.1, 0.15) is 5.75 Å². The summed E-state index contributed by atoms with van der Waals surface area (Å²) in [6.45, 7) is 3.79. The molecule has 0 radical (unpaired) electrons. The minimum Gasteiger partial charge on any atom is -0.508 e. The summed E-state index contributed by atoms with van der Waals surface area (Å²) >= 11 is 1.27. The summed E-state index contributed by atoms with van der Waals surface area (Å²) in [5.41, 5.74) is 6.79. The summed E-state index contributed by atoms with van der Waals surface area (Å²) in [4.78, 5) is 16.5. The van der Waals surface area contributed by atoms with Crippen molar-refractivity contribution in [1.29, 1.82) is 0 Å². The summed E-state index contributed by atoms with van der Waals surface area (Å²) in [6, 6.07) is 18.5. The number of aromatic hydroxyl groups is 1. The van der Waals surface area contributed by atoms with E-state index in [1.54, 1.807) is 37.5 Å². The quantitative estimate of drug-likeness (QED) is 0.247. The Balaban J connectivity index is 1.52. The second-order valence-corrected chi connectivity index (χ2v) is 8.23. The Hall–Kier alpha value is -3.98. The van der Waals surface area contributed by atoms with Crippen LogP contribution in [0.15, 0.2) is 83.3 Å². The maximum absolute atomic E-state index is 12.4. The number of phenolic OH excluding ortho intramolecular Hbond substituents is 1. The predicted octanol–water partition coefficient (Wildman–Crippen LogP) is 3.98. The molecule has 0 aliphatic heterocycles. The van der Waals surface area contributed by atoms with Crippen LogP contribution in [0.5, 0.6) is 5.75 Å². The monoisotopic (exact) mass is 458 g/mol. The average Bonchev–Trinajstić information content (AvgIpc) is 3.26. The molecule has 0 aliphatic rings.